The Balaban J connectivity index is 2.98. The lowest BCUT2D eigenvalue weighted by Crippen LogP contribution is -2.15. The Morgan fingerprint density at radius 2 is 1.94 bits per heavy atom. The summed E-state index contributed by atoms with van der Waals surface area (Å²) in [7, 11) is 2.45. The van der Waals surface area contributed by atoms with Crippen LogP contribution in [0.15, 0.2) is 6.07 Å². The molecule has 1 heterocycles. The number of hydrogen-bond acceptors (Lipinski definition) is 6. The fourth-order valence-electron chi connectivity index (χ4n) is 0.971. The van der Waals surface area contributed by atoms with E-state index >= 15 is 0 Å². The van der Waals surface area contributed by atoms with Crippen molar-refractivity contribution in [3.63, 3.8) is 0 Å². The predicted octanol–water partition coefficient (Wildman–Crippen LogP) is 0.750. The van der Waals surface area contributed by atoms with Crippen molar-refractivity contribution in [2.45, 2.75) is 6.92 Å². The maximum absolute atomic E-state index is 11.2. The van der Waals surface area contributed by atoms with Gasteiger partial charge in [0, 0.05) is 11.8 Å². The third kappa shape index (κ3) is 2.91. The van der Waals surface area contributed by atoms with Crippen LogP contribution in [0.25, 0.3) is 0 Å². The molecule has 0 saturated carbocycles. The Morgan fingerprint density at radius 3 is 2.50 bits per heavy atom. The molecule has 0 bridgehead atoms. The Morgan fingerprint density at radius 1 is 1.25 bits per heavy atom. The molecular formula is C9H11N3O4. The predicted molar refractivity (Wildman–Crippen MR) is 54.1 cm³/mol. The Bertz CT molecular complexity index is 419. The van der Waals surface area contributed by atoms with Crippen molar-refractivity contribution in [3.05, 3.63) is 17.6 Å². The van der Waals surface area contributed by atoms with Gasteiger partial charge < -0.3 is 9.47 Å². The number of anilines is 1. The SMILES string of the molecule is COC(=O)Nc1cc(C)nc(C(=O)OC)n1. The normalized spacial score (nSPS) is 9.44. The summed E-state index contributed by atoms with van der Waals surface area (Å²) in [5.74, 6) is -0.606. The van der Waals surface area contributed by atoms with E-state index in [0.29, 0.717) is 5.69 Å². The second-order valence-electron chi connectivity index (χ2n) is 2.83. The van der Waals surface area contributed by atoms with E-state index in [9.17, 15) is 9.59 Å². The van der Waals surface area contributed by atoms with E-state index in [2.05, 4.69) is 24.8 Å². The number of ether oxygens (including phenoxy) is 2. The van der Waals surface area contributed by atoms with E-state index in [1.54, 1.807) is 6.92 Å². The maximum atomic E-state index is 11.2. The van der Waals surface area contributed by atoms with Crippen molar-refractivity contribution in [3.8, 4) is 0 Å². The second-order valence-corrected chi connectivity index (χ2v) is 2.83. The molecule has 0 aliphatic rings. The first-order valence-electron chi connectivity index (χ1n) is 4.35. The molecule has 7 heteroatoms. The number of amides is 1. The van der Waals surface area contributed by atoms with Crippen molar-refractivity contribution < 1.29 is 19.1 Å². The van der Waals surface area contributed by atoms with Gasteiger partial charge in [-0.1, -0.05) is 0 Å². The van der Waals surface area contributed by atoms with Crippen LogP contribution in [0.1, 0.15) is 16.3 Å². The van der Waals surface area contributed by atoms with Gasteiger partial charge in [0.05, 0.1) is 14.2 Å². The van der Waals surface area contributed by atoms with Gasteiger partial charge in [-0.05, 0) is 6.92 Å². The van der Waals surface area contributed by atoms with Gasteiger partial charge in [-0.25, -0.2) is 19.6 Å². The van der Waals surface area contributed by atoms with Gasteiger partial charge in [-0.3, -0.25) is 5.32 Å². The highest BCUT2D eigenvalue weighted by Crippen LogP contribution is 2.07. The van der Waals surface area contributed by atoms with E-state index in [-0.39, 0.29) is 11.6 Å². The fraction of sp³-hybridized carbons (Fsp3) is 0.333. The van der Waals surface area contributed by atoms with Crippen LogP contribution in [0.2, 0.25) is 0 Å². The molecule has 1 aromatic heterocycles. The van der Waals surface area contributed by atoms with Crippen molar-refractivity contribution >= 4 is 17.9 Å². The van der Waals surface area contributed by atoms with Gasteiger partial charge in [0.25, 0.3) is 0 Å². The van der Waals surface area contributed by atoms with E-state index in [1.807, 2.05) is 0 Å². The molecule has 1 aromatic rings. The summed E-state index contributed by atoms with van der Waals surface area (Å²) in [5, 5.41) is 2.33. The van der Waals surface area contributed by atoms with E-state index in [4.69, 9.17) is 0 Å². The largest absolute Gasteiger partial charge is 0.463 e. The van der Waals surface area contributed by atoms with Crippen molar-refractivity contribution in [1.82, 2.24) is 9.97 Å². The van der Waals surface area contributed by atoms with Crippen LogP contribution in [0.5, 0.6) is 0 Å². The third-order valence-corrected chi connectivity index (χ3v) is 1.64. The zero-order chi connectivity index (χ0) is 12.1. The first-order valence-corrected chi connectivity index (χ1v) is 4.35. The summed E-state index contributed by atoms with van der Waals surface area (Å²) in [6.07, 6.45) is -0.672. The van der Waals surface area contributed by atoms with Gasteiger partial charge in [0.2, 0.25) is 5.82 Å². The highest BCUT2D eigenvalue weighted by molar-refractivity contribution is 5.87. The topological polar surface area (TPSA) is 90.4 Å². The fourth-order valence-corrected chi connectivity index (χ4v) is 0.971. The molecule has 0 saturated heterocycles. The van der Waals surface area contributed by atoms with Gasteiger partial charge in [0.1, 0.15) is 5.82 Å². The Labute approximate surface area is 91.8 Å². The number of hydrogen-bond donors (Lipinski definition) is 1. The monoisotopic (exact) mass is 225 g/mol. The molecule has 86 valence electrons. The molecule has 0 unspecified atom stereocenters. The number of methoxy groups -OCH3 is 2. The molecule has 0 spiro atoms. The molecule has 0 fully saturated rings. The van der Waals surface area contributed by atoms with Crippen LogP contribution < -0.4 is 5.32 Å². The van der Waals surface area contributed by atoms with Crippen LogP contribution in [-0.2, 0) is 9.47 Å². The summed E-state index contributed by atoms with van der Waals surface area (Å²) < 4.78 is 8.86. The highest BCUT2D eigenvalue weighted by Gasteiger charge is 2.12. The summed E-state index contributed by atoms with van der Waals surface area (Å²) in [6.45, 7) is 1.66. The minimum Gasteiger partial charge on any atom is -0.463 e. The molecule has 1 amide bonds. The van der Waals surface area contributed by atoms with Crippen LogP contribution in [0, 0.1) is 6.92 Å². The number of nitrogens with one attached hydrogen (secondary N) is 1. The number of aryl methyl sites for hydroxylation is 1. The molecular weight excluding hydrogens is 214 g/mol. The van der Waals surface area contributed by atoms with Crippen LogP contribution in [0.4, 0.5) is 10.6 Å². The lowest BCUT2D eigenvalue weighted by atomic mass is 10.4. The van der Waals surface area contributed by atoms with E-state index in [1.165, 1.54) is 20.3 Å². The van der Waals surface area contributed by atoms with E-state index in [0.717, 1.165) is 0 Å². The lowest BCUT2D eigenvalue weighted by molar-refractivity contribution is 0.0586. The van der Waals surface area contributed by atoms with Gasteiger partial charge in [-0.2, -0.15) is 0 Å². The quantitative estimate of drug-likeness (QED) is 0.747. The van der Waals surface area contributed by atoms with Gasteiger partial charge in [-0.15, -0.1) is 0 Å². The lowest BCUT2D eigenvalue weighted by Gasteiger charge is -2.05. The summed E-state index contributed by atoms with van der Waals surface area (Å²) in [4.78, 5) is 29.8. The summed E-state index contributed by atoms with van der Waals surface area (Å²) in [6, 6.07) is 1.50. The zero-order valence-electron chi connectivity index (χ0n) is 9.10. The van der Waals surface area contributed by atoms with Crippen LogP contribution in [0.3, 0.4) is 0 Å². The zero-order valence-corrected chi connectivity index (χ0v) is 9.10. The second kappa shape index (κ2) is 5.06. The molecule has 0 aliphatic carbocycles. The number of rotatable bonds is 2. The summed E-state index contributed by atoms with van der Waals surface area (Å²) in [5.41, 5.74) is 0.529. The Hall–Kier alpha value is -2.18. The number of esters is 1. The van der Waals surface area contributed by atoms with Crippen LogP contribution in [-0.4, -0.2) is 36.3 Å². The number of carbonyl (C=O) groups excluding carboxylic acids is 2. The maximum Gasteiger partial charge on any atom is 0.412 e. The Kier molecular flexibility index (Phi) is 3.76. The average molecular weight is 225 g/mol. The standard InChI is InChI=1S/C9H11N3O4/c1-5-4-6(12-9(14)16-3)11-7(10-5)8(13)15-2/h4H,1-3H3,(H,10,11,12,14). The summed E-state index contributed by atoms with van der Waals surface area (Å²) >= 11 is 0. The molecule has 7 nitrogen and oxygen atoms in total. The first-order chi connectivity index (χ1) is 7.56. The number of nitrogens with zero attached hydrogens (tertiary/aromatic N) is 2. The van der Waals surface area contributed by atoms with Gasteiger partial charge in [0.15, 0.2) is 0 Å². The van der Waals surface area contributed by atoms with Crippen LogP contribution >= 0.6 is 0 Å². The molecule has 16 heavy (non-hydrogen) atoms. The van der Waals surface area contributed by atoms with Gasteiger partial charge >= 0.3 is 12.1 Å². The number of aromatic nitrogens is 2. The van der Waals surface area contributed by atoms with Crippen molar-refractivity contribution in [2.75, 3.05) is 19.5 Å². The minimum absolute atomic E-state index is 0.117. The number of carbonyl (C=O) groups is 2. The first kappa shape index (κ1) is 11.9. The molecule has 1 rings (SSSR count). The van der Waals surface area contributed by atoms with Crippen molar-refractivity contribution in [1.29, 1.82) is 0 Å². The van der Waals surface area contributed by atoms with Crippen molar-refractivity contribution in [2.24, 2.45) is 0 Å². The molecule has 0 atom stereocenters. The molecule has 1 N–H and O–H groups in total. The minimum atomic E-state index is -0.672. The molecule has 0 radical (unpaired) electrons. The third-order valence-electron chi connectivity index (χ3n) is 1.64. The van der Waals surface area contributed by atoms with E-state index < -0.39 is 12.1 Å². The highest BCUT2D eigenvalue weighted by atomic mass is 16.5. The smallest absolute Gasteiger partial charge is 0.412 e. The average Bonchev–Trinajstić information content (AvgIpc) is 2.27. The molecule has 0 aliphatic heterocycles. The molecule has 0 aromatic carbocycles.